The highest BCUT2D eigenvalue weighted by Crippen LogP contribution is 2.03. The summed E-state index contributed by atoms with van der Waals surface area (Å²) in [4.78, 5) is 21.2. The molecule has 0 saturated heterocycles. The van der Waals surface area contributed by atoms with Crippen molar-refractivity contribution in [1.29, 1.82) is 0 Å². The fourth-order valence-electron chi connectivity index (χ4n) is 0.666. The third kappa shape index (κ3) is 6.10. The van der Waals surface area contributed by atoms with E-state index in [4.69, 9.17) is 15.6 Å². The summed E-state index contributed by atoms with van der Waals surface area (Å²) < 4.78 is 4.72. The number of ether oxygens (including phenoxy) is 1. The Balaban J connectivity index is 3.56. The van der Waals surface area contributed by atoms with Gasteiger partial charge in [-0.25, -0.2) is 0 Å². The number of nitrogens with two attached hydrogens (primary N) is 1. The Morgan fingerprint density at radius 1 is 1.54 bits per heavy atom. The Morgan fingerprint density at radius 3 is 2.62 bits per heavy atom. The number of aliphatic carboxylic acids is 1. The molecule has 5 nitrogen and oxygen atoms in total. The number of hydrogen-bond acceptors (Lipinski definition) is 4. The van der Waals surface area contributed by atoms with Crippen molar-refractivity contribution in [2.45, 2.75) is 19.8 Å². The molecule has 0 aromatic carbocycles. The number of esters is 1. The van der Waals surface area contributed by atoms with Crippen LogP contribution in [0.5, 0.6) is 0 Å². The summed E-state index contributed by atoms with van der Waals surface area (Å²) in [5.74, 6) is -2.16. The van der Waals surface area contributed by atoms with Crippen LogP contribution in [-0.2, 0) is 14.3 Å². The van der Waals surface area contributed by atoms with Crippen molar-refractivity contribution in [1.82, 2.24) is 0 Å². The summed E-state index contributed by atoms with van der Waals surface area (Å²) in [5.41, 5.74) is 5.18. The number of carboxylic acids is 1. The van der Waals surface area contributed by atoms with E-state index < -0.39 is 17.9 Å². The summed E-state index contributed by atoms with van der Waals surface area (Å²) in [6, 6.07) is 0. The van der Waals surface area contributed by atoms with Crippen LogP contribution in [0.1, 0.15) is 19.8 Å². The smallest absolute Gasteiger partial charge is 0.306 e. The van der Waals surface area contributed by atoms with E-state index >= 15 is 0 Å². The fraction of sp³-hybridized carbons (Fsp3) is 0.750. The Kier molecular flexibility index (Phi) is 5.88. The summed E-state index contributed by atoms with van der Waals surface area (Å²) in [6.45, 7) is 2.19. The van der Waals surface area contributed by atoms with Gasteiger partial charge in [-0.3, -0.25) is 9.59 Å². The van der Waals surface area contributed by atoms with Crippen LogP contribution in [0.15, 0.2) is 0 Å². The average molecular weight is 189 g/mol. The van der Waals surface area contributed by atoms with E-state index in [9.17, 15) is 9.59 Å². The van der Waals surface area contributed by atoms with Crippen LogP contribution in [0.2, 0.25) is 0 Å². The average Bonchev–Trinajstić information content (AvgIpc) is 2.04. The summed E-state index contributed by atoms with van der Waals surface area (Å²) in [5, 5.41) is 8.47. The molecule has 5 heteroatoms. The quantitative estimate of drug-likeness (QED) is 0.453. The first-order valence-corrected chi connectivity index (χ1v) is 4.16. The first-order chi connectivity index (χ1) is 6.07. The Labute approximate surface area is 76.9 Å². The molecule has 0 aromatic heterocycles. The van der Waals surface area contributed by atoms with Crippen LogP contribution >= 0.6 is 0 Å². The Morgan fingerprint density at radius 2 is 2.15 bits per heavy atom. The molecule has 0 fully saturated rings. The topological polar surface area (TPSA) is 89.6 Å². The lowest BCUT2D eigenvalue weighted by molar-refractivity contribution is -0.151. The lowest BCUT2D eigenvalue weighted by Crippen LogP contribution is -2.17. The van der Waals surface area contributed by atoms with Crippen molar-refractivity contribution >= 4 is 11.9 Å². The monoisotopic (exact) mass is 189 g/mol. The number of carbonyl (C=O) groups excluding carboxylic acids is 1. The molecule has 3 N–H and O–H groups in total. The fourth-order valence-corrected chi connectivity index (χ4v) is 0.666. The molecule has 0 radical (unpaired) electrons. The number of carbonyl (C=O) groups is 2. The van der Waals surface area contributed by atoms with Crippen LogP contribution in [-0.4, -0.2) is 30.2 Å². The minimum Gasteiger partial charge on any atom is -0.481 e. The molecular formula is C8H15NO4. The largest absolute Gasteiger partial charge is 0.481 e. The predicted molar refractivity (Wildman–Crippen MR) is 46.0 cm³/mol. The molecule has 13 heavy (non-hydrogen) atoms. The number of hydrogen-bond donors (Lipinski definition) is 2. The summed E-state index contributed by atoms with van der Waals surface area (Å²) in [7, 11) is 0. The van der Waals surface area contributed by atoms with E-state index in [0.29, 0.717) is 13.0 Å². The molecule has 0 heterocycles. The van der Waals surface area contributed by atoms with Crippen molar-refractivity contribution in [3.63, 3.8) is 0 Å². The molecule has 0 saturated carbocycles. The third-order valence-electron chi connectivity index (χ3n) is 1.51. The molecule has 0 aliphatic rings. The second-order valence-electron chi connectivity index (χ2n) is 2.81. The van der Waals surface area contributed by atoms with E-state index in [1.54, 1.807) is 0 Å². The van der Waals surface area contributed by atoms with Gasteiger partial charge in [0.1, 0.15) is 0 Å². The molecule has 76 valence electrons. The van der Waals surface area contributed by atoms with Gasteiger partial charge in [-0.1, -0.05) is 6.92 Å². The maximum Gasteiger partial charge on any atom is 0.306 e. The minimum absolute atomic E-state index is 0.0834. The van der Waals surface area contributed by atoms with Crippen molar-refractivity contribution < 1.29 is 19.4 Å². The van der Waals surface area contributed by atoms with Gasteiger partial charge in [-0.2, -0.15) is 0 Å². The molecule has 0 aromatic rings. The first-order valence-electron chi connectivity index (χ1n) is 4.16. The summed E-state index contributed by atoms with van der Waals surface area (Å²) in [6.07, 6.45) is 0.521. The van der Waals surface area contributed by atoms with Crippen LogP contribution in [0.3, 0.4) is 0 Å². The van der Waals surface area contributed by atoms with Gasteiger partial charge >= 0.3 is 11.9 Å². The maximum atomic E-state index is 10.9. The highest BCUT2D eigenvalue weighted by Gasteiger charge is 2.16. The standard InChI is InChI=1S/C8H15NO4/c1-6(8(11)12)5-7(10)13-4-2-3-9/h6H,2-5,9H2,1H3,(H,11,12). The van der Waals surface area contributed by atoms with Gasteiger partial charge < -0.3 is 15.6 Å². The molecule has 0 rings (SSSR count). The predicted octanol–water partition coefficient (Wildman–Crippen LogP) is -0.0108. The SMILES string of the molecule is CC(CC(=O)OCCCN)C(=O)O. The minimum atomic E-state index is -0.990. The maximum absolute atomic E-state index is 10.9. The molecule has 0 spiro atoms. The van der Waals surface area contributed by atoms with Crippen LogP contribution in [0.25, 0.3) is 0 Å². The molecule has 1 unspecified atom stereocenters. The second-order valence-corrected chi connectivity index (χ2v) is 2.81. The highest BCUT2D eigenvalue weighted by molar-refractivity contribution is 5.78. The van der Waals surface area contributed by atoms with Crippen molar-refractivity contribution in [3.8, 4) is 0 Å². The Hall–Kier alpha value is -1.10. The lowest BCUT2D eigenvalue weighted by Gasteiger charge is -2.06. The van der Waals surface area contributed by atoms with Gasteiger partial charge in [0, 0.05) is 0 Å². The summed E-state index contributed by atoms with van der Waals surface area (Å²) >= 11 is 0. The van der Waals surface area contributed by atoms with Crippen LogP contribution < -0.4 is 5.73 Å². The van der Waals surface area contributed by atoms with E-state index in [0.717, 1.165) is 0 Å². The molecule has 0 aliphatic heterocycles. The van der Waals surface area contributed by atoms with Crippen LogP contribution in [0, 0.1) is 5.92 Å². The van der Waals surface area contributed by atoms with E-state index in [2.05, 4.69) is 0 Å². The van der Waals surface area contributed by atoms with Gasteiger partial charge in [-0.05, 0) is 13.0 Å². The second kappa shape index (κ2) is 6.42. The van der Waals surface area contributed by atoms with Crippen LogP contribution in [0.4, 0.5) is 0 Å². The molecule has 0 bridgehead atoms. The van der Waals surface area contributed by atoms with Crippen molar-refractivity contribution in [3.05, 3.63) is 0 Å². The Bertz CT molecular complexity index is 181. The van der Waals surface area contributed by atoms with Crippen molar-refractivity contribution in [2.75, 3.05) is 13.2 Å². The van der Waals surface area contributed by atoms with E-state index in [1.165, 1.54) is 6.92 Å². The molecular weight excluding hydrogens is 174 g/mol. The van der Waals surface area contributed by atoms with E-state index in [1.807, 2.05) is 0 Å². The zero-order valence-corrected chi connectivity index (χ0v) is 7.66. The highest BCUT2D eigenvalue weighted by atomic mass is 16.5. The van der Waals surface area contributed by atoms with Gasteiger partial charge in [-0.15, -0.1) is 0 Å². The zero-order valence-electron chi connectivity index (χ0n) is 7.66. The first kappa shape index (κ1) is 11.9. The van der Waals surface area contributed by atoms with Gasteiger partial charge in [0.05, 0.1) is 18.9 Å². The zero-order chi connectivity index (χ0) is 10.3. The lowest BCUT2D eigenvalue weighted by atomic mass is 10.1. The van der Waals surface area contributed by atoms with Gasteiger partial charge in [0.25, 0.3) is 0 Å². The van der Waals surface area contributed by atoms with Gasteiger partial charge in [0.15, 0.2) is 0 Å². The molecule has 0 amide bonds. The van der Waals surface area contributed by atoms with Crippen molar-refractivity contribution in [2.24, 2.45) is 11.7 Å². The molecule has 0 aliphatic carbocycles. The normalized spacial score (nSPS) is 12.2. The van der Waals surface area contributed by atoms with Gasteiger partial charge in [0.2, 0.25) is 0 Å². The third-order valence-corrected chi connectivity index (χ3v) is 1.51. The molecule has 1 atom stereocenters. The van der Waals surface area contributed by atoms with E-state index in [-0.39, 0.29) is 13.0 Å². The number of rotatable bonds is 6. The number of carboxylic acid groups (broad SMARTS) is 1.